The highest BCUT2D eigenvalue weighted by Gasteiger charge is 2.08. The van der Waals surface area contributed by atoms with Crippen molar-refractivity contribution in [3.05, 3.63) is 60.0 Å². The molecule has 0 saturated heterocycles. The Morgan fingerprint density at radius 2 is 1.78 bits per heavy atom. The number of aromatic nitrogens is 1. The van der Waals surface area contributed by atoms with Gasteiger partial charge in [-0.2, -0.15) is 0 Å². The molecular weight excluding hydrogens is 382 g/mol. The molecule has 2 aromatic carbocycles. The summed E-state index contributed by atoms with van der Waals surface area (Å²) in [5.74, 6) is 0.746. The third-order valence-corrected chi connectivity index (χ3v) is 4.39. The molecule has 7 nitrogen and oxygen atoms in total. The minimum Gasteiger partial charge on any atom is -0.497 e. The van der Waals surface area contributed by atoms with Crippen molar-refractivity contribution in [2.75, 3.05) is 17.7 Å². The first-order valence-corrected chi connectivity index (χ1v) is 9.22. The first-order valence-electron chi connectivity index (χ1n) is 7.93. The number of rotatable bonds is 4. The highest BCUT2D eigenvalue weighted by atomic mass is 32.1. The highest BCUT2D eigenvalue weighted by molar-refractivity contribution is 7.80. The summed E-state index contributed by atoms with van der Waals surface area (Å²) in [5.41, 5.74) is 7.65. The topological polar surface area (TPSA) is 87.3 Å². The molecular formula is C18H17N5O2S2. The van der Waals surface area contributed by atoms with E-state index >= 15 is 0 Å². The molecule has 0 fully saturated rings. The smallest absolute Gasteiger partial charge is 0.339 e. The number of thiazole rings is 1. The van der Waals surface area contributed by atoms with Crippen LogP contribution >= 0.6 is 23.6 Å². The molecule has 4 N–H and O–H groups in total. The van der Waals surface area contributed by atoms with Gasteiger partial charge in [-0.15, -0.1) is 11.3 Å². The Morgan fingerprint density at radius 1 is 1.04 bits per heavy atom. The number of urea groups is 1. The van der Waals surface area contributed by atoms with E-state index in [1.165, 1.54) is 11.3 Å². The van der Waals surface area contributed by atoms with Crippen LogP contribution < -0.4 is 26.2 Å². The number of benzene rings is 2. The number of amides is 2. The summed E-state index contributed by atoms with van der Waals surface area (Å²) in [4.78, 5) is 16.4. The molecule has 0 aliphatic heterocycles. The van der Waals surface area contributed by atoms with Crippen molar-refractivity contribution in [2.24, 2.45) is 0 Å². The average molecular weight is 400 g/mol. The van der Waals surface area contributed by atoms with Gasteiger partial charge in [0, 0.05) is 16.6 Å². The number of hydrazine groups is 1. The molecule has 1 aromatic heterocycles. The zero-order valence-corrected chi connectivity index (χ0v) is 16.0. The minimum atomic E-state index is -0.470. The molecule has 0 spiro atoms. The van der Waals surface area contributed by atoms with E-state index in [1.54, 1.807) is 19.2 Å². The maximum absolute atomic E-state index is 12.0. The summed E-state index contributed by atoms with van der Waals surface area (Å²) in [5, 5.41) is 8.23. The Labute approximate surface area is 165 Å². The third kappa shape index (κ3) is 5.40. The third-order valence-electron chi connectivity index (χ3n) is 3.43. The second-order valence-corrected chi connectivity index (χ2v) is 6.56. The van der Waals surface area contributed by atoms with Crippen LogP contribution in [0, 0.1) is 0 Å². The number of ether oxygens (including phenoxy) is 1. The van der Waals surface area contributed by atoms with Gasteiger partial charge in [0.1, 0.15) is 5.75 Å². The fourth-order valence-electron chi connectivity index (χ4n) is 2.15. The molecule has 0 unspecified atom stereocenters. The molecule has 2 amide bonds. The predicted octanol–water partition coefficient (Wildman–Crippen LogP) is 3.84. The lowest BCUT2D eigenvalue weighted by molar-refractivity contribution is 0.250. The van der Waals surface area contributed by atoms with Crippen LogP contribution in [0.15, 0.2) is 60.0 Å². The molecule has 0 aliphatic rings. The van der Waals surface area contributed by atoms with Gasteiger partial charge < -0.3 is 10.1 Å². The first-order chi connectivity index (χ1) is 13.1. The maximum Gasteiger partial charge on any atom is 0.339 e. The standard InChI is InChI=1S/C18H17N5O2S2/c1-25-14-9-7-13(8-10-14)19-17(26)23-22-16(24)21-18-20-15(11-27-18)12-5-3-2-4-6-12/h2-11H,1H3,(H2,19,23,26)(H2,20,21,22,24). The lowest BCUT2D eigenvalue weighted by Gasteiger charge is -2.11. The number of carbonyl (C=O) groups excluding carboxylic acids is 1. The van der Waals surface area contributed by atoms with Crippen LogP contribution in [0.25, 0.3) is 11.3 Å². The summed E-state index contributed by atoms with van der Waals surface area (Å²) in [7, 11) is 1.60. The minimum absolute atomic E-state index is 0.249. The Bertz CT molecular complexity index is 913. The Kier molecular flexibility index (Phi) is 6.18. The Hall–Kier alpha value is -3.17. The van der Waals surface area contributed by atoms with E-state index in [9.17, 15) is 4.79 Å². The van der Waals surface area contributed by atoms with Gasteiger partial charge in [-0.25, -0.2) is 15.2 Å². The molecule has 3 aromatic rings. The monoisotopic (exact) mass is 399 g/mol. The average Bonchev–Trinajstić information content (AvgIpc) is 3.16. The van der Waals surface area contributed by atoms with E-state index in [-0.39, 0.29) is 5.11 Å². The van der Waals surface area contributed by atoms with E-state index in [1.807, 2.05) is 47.8 Å². The van der Waals surface area contributed by atoms with E-state index in [0.29, 0.717) is 5.13 Å². The van der Waals surface area contributed by atoms with Crippen LogP contribution in [0.4, 0.5) is 15.6 Å². The van der Waals surface area contributed by atoms with Crippen molar-refractivity contribution in [1.82, 2.24) is 15.8 Å². The number of hydrogen-bond acceptors (Lipinski definition) is 5. The highest BCUT2D eigenvalue weighted by Crippen LogP contribution is 2.24. The van der Waals surface area contributed by atoms with Crippen molar-refractivity contribution < 1.29 is 9.53 Å². The Balaban J connectivity index is 1.46. The van der Waals surface area contributed by atoms with Crippen molar-refractivity contribution in [2.45, 2.75) is 0 Å². The number of carbonyl (C=O) groups is 1. The van der Waals surface area contributed by atoms with Crippen molar-refractivity contribution in [3.8, 4) is 17.0 Å². The van der Waals surface area contributed by atoms with E-state index < -0.39 is 6.03 Å². The SMILES string of the molecule is COc1ccc(NC(=S)NNC(=O)Nc2nc(-c3ccccc3)cs2)cc1. The molecule has 138 valence electrons. The molecule has 3 rings (SSSR count). The normalized spacial score (nSPS) is 9.96. The van der Waals surface area contributed by atoms with Gasteiger partial charge in [0.15, 0.2) is 10.2 Å². The summed E-state index contributed by atoms with van der Waals surface area (Å²) < 4.78 is 5.09. The van der Waals surface area contributed by atoms with Crippen molar-refractivity contribution >= 4 is 45.5 Å². The first kappa shape index (κ1) is 18.6. The number of nitrogens with zero attached hydrogens (tertiary/aromatic N) is 1. The molecule has 0 radical (unpaired) electrons. The van der Waals surface area contributed by atoms with E-state index in [0.717, 1.165) is 22.7 Å². The molecule has 27 heavy (non-hydrogen) atoms. The molecule has 9 heteroatoms. The summed E-state index contributed by atoms with van der Waals surface area (Å²) in [6.07, 6.45) is 0. The fourth-order valence-corrected chi connectivity index (χ4v) is 3.03. The van der Waals surface area contributed by atoms with Gasteiger partial charge >= 0.3 is 6.03 Å². The van der Waals surface area contributed by atoms with Crippen LogP contribution in [-0.4, -0.2) is 23.2 Å². The lowest BCUT2D eigenvalue weighted by Crippen LogP contribution is -2.45. The molecule has 0 bridgehead atoms. The van der Waals surface area contributed by atoms with Crippen LogP contribution in [0.1, 0.15) is 0 Å². The van der Waals surface area contributed by atoms with Crippen LogP contribution in [0.3, 0.4) is 0 Å². The van der Waals surface area contributed by atoms with Gasteiger partial charge in [0.25, 0.3) is 0 Å². The fraction of sp³-hybridized carbons (Fsp3) is 0.0556. The number of hydrogen-bond donors (Lipinski definition) is 4. The zero-order valence-electron chi connectivity index (χ0n) is 14.4. The second-order valence-electron chi connectivity index (χ2n) is 5.29. The summed E-state index contributed by atoms with van der Waals surface area (Å²) in [6.45, 7) is 0. The number of anilines is 2. The quantitative estimate of drug-likeness (QED) is 0.394. The molecule has 0 aliphatic carbocycles. The van der Waals surface area contributed by atoms with Crippen LogP contribution in [-0.2, 0) is 0 Å². The van der Waals surface area contributed by atoms with Gasteiger partial charge in [-0.1, -0.05) is 30.3 Å². The zero-order chi connectivity index (χ0) is 19.1. The second kappa shape index (κ2) is 8.97. The number of methoxy groups -OCH3 is 1. The van der Waals surface area contributed by atoms with Crippen LogP contribution in [0.2, 0.25) is 0 Å². The van der Waals surface area contributed by atoms with E-state index in [4.69, 9.17) is 17.0 Å². The summed E-state index contributed by atoms with van der Waals surface area (Å²) >= 11 is 6.48. The molecule has 0 saturated carbocycles. The van der Waals surface area contributed by atoms with Gasteiger partial charge in [-0.3, -0.25) is 10.7 Å². The van der Waals surface area contributed by atoms with E-state index in [2.05, 4.69) is 26.5 Å². The molecule has 1 heterocycles. The Morgan fingerprint density at radius 3 is 2.48 bits per heavy atom. The largest absolute Gasteiger partial charge is 0.497 e. The van der Waals surface area contributed by atoms with Gasteiger partial charge in [0.2, 0.25) is 0 Å². The van der Waals surface area contributed by atoms with Crippen molar-refractivity contribution in [3.63, 3.8) is 0 Å². The lowest BCUT2D eigenvalue weighted by atomic mass is 10.2. The summed E-state index contributed by atoms with van der Waals surface area (Å²) in [6, 6.07) is 16.5. The van der Waals surface area contributed by atoms with Crippen LogP contribution in [0.5, 0.6) is 5.75 Å². The number of thiocarbonyl (C=S) groups is 1. The molecule has 0 atom stereocenters. The van der Waals surface area contributed by atoms with Crippen molar-refractivity contribution in [1.29, 1.82) is 0 Å². The number of nitrogens with one attached hydrogen (secondary N) is 4. The predicted molar refractivity (Wildman–Crippen MR) is 112 cm³/mol. The van der Waals surface area contributed by atoms with Gasteiger partial charge in [0.05, 0.1) is 12.8 Å². The van der Waals surface area contributed by atoms with Gasteiger partial charge in [-0.05, 0) is 36.5 Å². The maximum atomic E-state index is 12.0.